The zero-order valence-corrected chi connectivity index (χ0v) is 14.6. The lowest BCUT2D eigenvalue weighted by Gasteiger charge is -2.48. The zero-order chi connectivity index (χ0) is 16.5. The van der Waals surface area contributed by atoms with E-state index in [1.807, 2.05) is 6.92 Å². The molecular weight excluding hydrogens is 296 g/mol. The van der Waals surface area contributed by atoms with E-state index in [4.69, 9.17) is 10.8 Å². The first-order chi connectivity index (χ1) is 10.3. The molecule has 0 saturated carbocycles. The molecule has 5 heteroatoms. The number of hydrogen-bond acceptors (Lipinski definition) is 5. The van der Waals surface area contributed by atoms with E-state index in [0.717, 1.165) is 23.4 Å². The number of thiol groups is 1. The average molecular weight is 324 g/mol. The Balaban J connectivity index is 2.41. The van der Waals surface area contributed by atoms with Crippen LogP contribution in [0.5, 0.6) is 0 Å². The summed E-state index contributed by atoms with van der Waals surface area (Å²) in [5.41, 5.74) is 10.4. The van der Waals surface area contributed by atoms with E-state index < -0.39 is 6.10 Å². The van der Waals surface area contributed by atoms with Crippen LogP contribution in [0.3, 0.4) is 0 Å². The molecule has 1 aliphatic rings. The van der Waals surface area contributed by atoms with Crippen molar-refractivity contribution in [3.8, 4) is 0 Å². The molecule has 0 aliphatic carbocycles. The predicted molar refractivity (Wildman–Crippen MR) is 95.9 cm³/mol. The van der Waals surface area contributed by atoms with Gasteiger partial charge in [0.2, 0.25) is 0 Å². The Labute approximate surface area is 138 Å². The normalized spacial score (nSPS) is 21.5. The molecule has 1 heterocycles. The molecule has 124 valence electrons. The molecule has 0 amide bonds. The number of aliphatic hydroxyl groups is 2. The van der Waals surface area contributed by atoms with E-state index >= 15 is 0 Å². The molecule has 2 unspecified atom stereocenters. The summed E-state index contributed by atoms with van der Waals surface area (Å²) in [5.74, 6) is 1.18. The van der Waals surface area contributed by atoms with E-state index in [9.17, 15) is 5.11 Å². The molecule has 1 aromatic rings. The van der Waals surface area contributed by atoms with Crippen molar-refractivity contribution >= 4 is 24.0 Å². The molecule has 0 spiro atoms. The Morgan fingerprint density at radius 2 is 2.14 bits per heavy atom. The second-order valence-corrected chi connectivity index (χ2v) is 7.31. The third-order valence-electron chi connectivity index (χ3n) is 4.74. The predicted octanol–water partition coefficient (Wildman–Crippen LogP) is 2.32. The fourth-order valence-corrected chi connectivity index (χ4v) is 3.72. The van der Waals surface area contributed by atoms with Crippen LogP contribution < -0.4 is 10.6 Å². The second kappa shape index (κ2) is 6.69. The molecule has 1 aromatic carbocycles. The Bertz CT molecular complexity index is 534. The number of nitrogen functional groups attached to an aromatic ring is 1. The van der Waals surface area contributed by atoms with Gasteiger partial charge in [0.05, 0.1) is 12.7 Å². The molecule has 2 atom stereocenters. The molecule has 1 aliphatic heterocycles. The van der Waals surface area contributed by atoms with E-state index in [-0.39, 0.29) is 12.1 Å². The van der Waals surface area contributed by atoms with Crippen molar-refractivity contribution in [1.29, 1.82) is 0 Å². The number of rotatable bonds is 5. The van der Waals surface area contributed by atoms with Gasteiger partial charge in [0.1, 0.15) is 0 Å². The van der Waals surface area contributed by atoms with Crippen molar-refractivity contribution < 1.29 is 10.2 Å². The standard InChI is InChI=1S/C17H28N2O2S/c1-11-6-16-14(7-15(11)18)12(10-22)8-17(2,3)19(16)5-4-13(21)9-20/h6-7,12-13,20-22H,4-5,8-10,18H2,1-3H3. The van der Waals surface area contributed by atoms with E-state index in [1.165, 1.54) is 11.3 Å². The van der Waals surface area contributed by atoms with Gasteiger partial charge in [-0.05, 0) is 68.5 Å². The van der Waals surface area contributed by atoms with Crippen molar-refractivity contribution in [3.63, 3.8) is 0 Å². The smallest absolute Gasteiger partial charge is 0.0787 e. The number of nitrogens with two attached hydrogens (primary N) is 1. The Morgan fingerprint density at radius 1 is 1.45 bits per heavy atom. The number of nitrogens with zero attached hydrogens (tertiary/aromatic N) is 1. The van der Waals surface area contributed by atoms with Gasteiger partial charge in [-0.2, -0.15) is 12.6 Å². The topological polar surface area (TPSA) is 69.7 Å². The summed E-state index contributed by atoms with van der Waals surface area (Å²) in [7, 11) is 0. The van der Waals surface area contributed by atoms with Crippen LogP contribution in [0.25, 0.3) is 0 Å². The van der Waals surface area contributed by atoms with Gasteiger partial charge in [0.15, 0.2) is 0 Å². The van der Waals surface area contributed by atoms with Gasteiger partial charge in [-0.25, -0.2) is 0 Å². The number of aliphatic hydroxyl groups excluding tert-OH is 2. The van der Waals surface area contributed by atoms with Crippen LogP contribution in [-0.2, 0) is 0 Å². The summed E-state index contributed by atoms with van der Waals surface area (Å²) < 4.78 is 0. The Kier molecular flexibility index (Phi) is 5.30. The van der Waals surface area contributed by atoms with Crippen molar-refractivity contribution in [2.45, 2.75) is 51.2 Å². The molecule has 0 aromatic heterocycles. The number of hydrogen-bond donors (Lipinski definition) is 4. The number of aryl methyl sites for hydroxylation is 1. The minimum atomic E-state index is -0.670. The molecule has 4 N–H and O–H groups in total. The lowest BCUT2D eigenvalue weighted by Crippen LogP contribution is -2.50. The fraction of sp³-hybridized carbons (Fsp3) is 0.647. The molecule has 2 rings (SSSR count). The summed E-state index contributed by atoms with van der Waals surface area (Å²) >= 11 is 4.52. The summed E-state index contributed by atoms with van der Waals surface area (Å²) in [6, 6.07) is 4.23. The van der Waals surface area contributed by atoms with Crippen molar-refractivity contribution in [3.05, 3.63) is 23.3 Å². The summed E-state index contributed by atoms with van der Waals surface area (Å²) in [6.07, 6.45) is 0.881. The van der Waals surface area contributed by atoms with E-state index in [1.54, 1.807) is 0 Å². The SMILES string of the molecule is Cc1cc2c(cc1N)C(CS)CC(C)(C)N2CCC(O)CO. The third kappa shape index (κ3) is 3.36. The lowest BCUT2D eigenvalue weighted by atomic mass is 9.79. The maximum atomic E-state index is 9.69. The Hall–Kier alpha value is -0.910. The first-order valence-electron chi connectivity index (χ1n) is 7.87. The van der Waals surface area contributed by atoms with Crippen molar-refractivity contribution in [1.82, 2.24) is 0 Å². The highest BCUT2D eigenvalue weighted by molar-refractivity contribution is 7.80. The summed E-state index contributed by atoms with van der Waals surface area (Å²) in [4.78, 5) is 2.34. The van der Waals surface area contributed by atoms with Crippen LogP contribution in [-0.4, -0.2) is 40.8 Å². The molecular formula is C17H28N2O2S. The van der Waals surface area contributed by atoms with Crippen LogP contribution in [0.4, 0.5) is 11.4 Å². The van der Waals surface area contributed by atoms with Crippen LogP contribution in [0.15, 0.2) is 12.1 Å². The van der Waals surface area contributed by atoms with E-state index in [2.05, 4.69) is 43.5 Å². The van der Waals surface area contributed by atoms with Gasteiger partial charge in [-0.3, -0.25) is 0 Å². The molecule has 0 radical (unpaired) electrons. The molecule has 4 nitrogen and oxygen atoms in total. The number of benzene rings is 1. The monoisotopic (exact) mass is 324 g/mol. The lowest BCUT2D eigenvalue weighted by molar-refractivity contribution is 0.0884. The van der Waals surface area contributed by atoms with Gasteiger partial charge < -0.3 is 20.8 Å². The fourth-order valence-electron chi connectivity index (χ4n) is 3.39. The second-order valence-electron chi connectivity index (χ2n) is 6.94. The molecule has 0 fully saturated rings. The summed E-state index contributed by atoms with van der Waals surface area (Å²) in [6.45, 7) is 6.99. The first-order valence-corrected chi connectivity index (χ1v) is 8.51. The van der Waals surface area contributed by atoms with Crippen molar-refractivity contribution in [2.75, 3.05) is 29.5 Å². The van der Waals surface area contributed by atoms with Gasteiger partial charge in [0, 0.05) is 23.5 Å². The molecule has 0 saturated heterocycles. The molecule has 0 bridgehead atoms. The van der Waals surface area contributed by atoms with Gasteiger partial charge >= 0.3 is 0 Å². The van der Waals surface area contributed by atoms with Gasteiger partial charge in [0.25, 0.3) is 0 Å². The zero-order valence-electron chi connectivity index (χ0n) is 13.7. The minimum absolute atomic E-state index is 0.0157. The van der Waals surface area contributed by atoms with Crippen LogP contribution in [0.1, 0.15) is 43.7 Å². The average Bonchev–Trinajstić information content (AvgIpc) is 2.47. The summed E-state index contributed by atoms with van der Waals surface area (Å²) in [5, 5.41) is 18.7. The van der Waals surface area contributed by atoms with Crippen LogP contribution in [0, 0.1) is 6.92 Å². The van der Waals surface area contributed by atoms with Gasteiger partial charge in [-0.15, -0.1) is 0 Å². The largest absolute Gasteiger partial charge is 0.399 e. The third-order valence-corrected chi connectivity index (χ3v) is 5.18. The highest BCUT2D eigenvalue weighted by atomic mass is 32.1. The first kappa shape index (κ1) is 17.4. The maximum absolute atomic E-state index is 9.69. The maximum Gasteiger partial charge on any atom is 0.0787 e. The van der Waals surface area contributed by atoms with Gasteiger partial charge in [-0.1, -0.05) is 0 Å². The number of anilines is 2. The highest BCUT2D eigenvalue weighted by Gasteiger charge is 2.37. The highest BCUT2D eigenvalue weighted by Crippen LogP contribution is 2.45. The van der Waals surface area contributed by atoms with Crippen molar-refractivity contribution in [2.24, 2.45) is 0 Å². The van der Waals surface area contributed by atoms with E-state index in [0.29, 0.717) is 18.9 Å². The number of fused-ring (bicyclic) bond motifs is 1. The minimum Gasteiger partial charge on any atom is -0.399 e. The quantitative estimate of drug-likeness (QED) is 0.496. The molecule has 22 heavy (non-hydrogen) atoms. The van der Waals surface area contributed by atoms with Crippen LogP contribution >= 0.6 is 12.6 Å². The Morgan fingerprint density at radius 3 is 2.73 bits per heavy atom. The van der Waals surface area contributed by atoms with Crippen LogP contribution in [0.2, 0.25) is 0 Å².